The molecule has 2 N–H and O–H groups in total. The lowest BCUT2D eigenvalue weighted by molar-refractivity contribution is -0.115. The van der Waals surface area contributed by atoms with Crippen molar-refractivity contribution in [1.82, 2.24) is 9.97 Å². The molecule has 7 heteroatoms. The molecule has 0 saturated carbocycles. The molecule has 2 aromatic carbocycles. The van der Waals surface area contributed by atoms with Crippen molar-refractivity contribution in [3.63, 3.8) is 0 Å². The van der Waals surface area contributed by atoms with Crippen LogP contribution in [0, 0.1) is 5.82 Å². The molecule has 0 fully saturated rings. The van der Waals surface area contributed by atoms with Gasteiger partial charge in [-0.05, 0) is 55.8 Å². The molecule has 0 saturated heterocycles. The lowest BCUT2D eigenvalue weighted by Crippen LogP contribution is -2.23. The molecular weight excluding hydrogens is 365 g/mol. The second-order valence-corrected chi connectivity index (χ2v) is 7.29. The van der Waals surface area contributed by atoms with Crippen molar-refractivity contribution >= 4 is 29.1 Å². The lowest BCUT2D eigenvalue weighted by atomic mass is 10.1. The van der Waals surface area contributed by atoms with Crippen molar-refractivity contribution in [3.8, 4) is 11.3 Å². The number of aromatic nitrogens is 2. The summed E-state index contributed by atoms with van der Waals surface area (Å²) in [6.07, 6.45) is 1.64. The lowest BCUT2D eigenvalue weighted by Gasteiger charge is -2.12. The number of anilines is 1. The molecule has 1 atom stereocenters. The molecule has 1 amide bonds. The number of para-hydroxylation sites is 1. The van der Waals surface area contributed by atoms with Crippen molar-refractivity contribution in [2.24, 2.45) is 0 Å². The predicted octanol–water partition coefficient (Wildman–Crippen LogP) is 4.54. The zero-order valence-electron chi connectivity index (χ0n) is 14.8. The molecule has 3 aromatic rings. The van der Waals surface area contributed by atoms with E-state index in [0.717, 1.165) is 11.3 Å². The highest BCUT2D eigenvalue weighted by Crippen LogP contribution is 2.26. The van der Waals surface area contributed by atoms with Gasteiger partial charge in [0.15, 0.2) is 10.9 Å². The van der Waals surface area contributed by atoms with Crippen LogP contribution in [0.4, 0.5) is 10.1 Å². The van der Waals surface area contributed by atoms with E-state index < -0.39 is 5.25 Å². The van der Waals surface area contributed by atoms with Crippen LogP contribution in [-0.4, -0.2) is 26.9 Å². The zero-order chi connectivity index (χ0) is 19.4. The number of halogens is 1. The van der Waals surface area contributed by atoms with Gasteiger partial charge in [-0.2, -0.15) is 0 Å². The summed E-state index contributed by atoms with van der Waals surface area (Å²) in [5, 5.41) is 2.94. The second-order valence-electron chi connectivity index (χ2n) is 5.96. The minimum absolute atomic E-state index is 0.110. The normalized spacial score (nSPS) is 11.8. The van der Waals surface area contributed by atoms with Gasteiger partial charge in [-0.15, -0.1) is 0 Å². The number of imidazole rings is 1. The average Bonchev–Trinajstić information content (AvgIpc) is 3.11. The largest absolute Gasteiger partial charge is 0.333 e. The van der Waals surface area contributed by atoms with E-state index in [0.29, 0.717) is 16.4 Å². The van der Waals surface area contributed by atoms with Crippen LogP contribution in [0.3, 0.4) is 0 Å². The van der Waals surface area contributed by atoms with Crippen LogP contribution in [0.2, 0.25) is 0 Å². The fraction of sp³-hybridized carbons (Fsp3) is 0.150. The molecule has 27 heavy (non-hydrogen) atoms. The third-order valence-corrected chi connectivity index (χ3v) is 4.93. The van der Waals surface area contributed by atoms with E-state index in [-0.39, 0.29) is 17.5 Å². The Hall–Kier alpha value is -2.93. The van der Waals surface area contributed by atoms with Gasteiger partial charge in [0, 0.05) is 5.56 Å². The molecule has 0 unspecified atom stereocenters. The molecule has 0 aliphatic rings. The molecule has 0 radical (unpaired) electrons. The van der Waals surface area contributed by atoms with E-state index in [1.54, 1.807) is 49.5 Å². The highest BCUT2D eigenvalue weighted by atomic mass is 32.2. The molecule has 0 aliphatic heterocycles. The molecule has 1 aromatic heterocycles. The Kier molecular flexibility index (Phi) is 5.71. The van der Waals surface area contributed by atoms with E-state index in [1.165, 1.54) is 30.8 Å². The number of amides is 1. The Morgan fingerprint density at radius 2 is 1.85 bits per heavy atom. The van der Waals surface area contributed by atoms with Gasteiger partial charge in [0.05, 0.1) is 22.8 Å². The molecular formula is C20H18FN3O2S. The summed E-state index contributed by atoms with van der Waals surface area (Å²) < 4.78 is 13.0. The van der Waals surface area contributed by atoms with Gasteiger partial charge in [-0.3, -0.25) is 9.59 Å². The number of nitrogens with zero attached hydrogens (tertiary/aromatic N) is 1. The molecule has 0 spiro atoms. The minimum atomic E-state index is -0.433. The van der Waals surface area contributed by atoms with E-state index in [9.17, 15) is 14.0 Å². The number of aromatic amines is 1. The Bertz CT molecular complexity index is 969. The summed E-state index contributed by atoms with van der Waals surface area (Å²) in [6, 6.07) is 13.0. The van der Waals surface area contributed by atoms with Crippen molar-refractivity contribution < 1.29 is 14.0 Å². The molecule has 1 heterocycles. The molecule has 0 bridgehead atoms. The van der Waals surface area contributed by atoms with E-state index in [2.05, 4.69) is 15.3 Å². The Morgan fingerprint density at radius 1 is 1.15 bits per heavy atom. The topological polar surface area (TPSA) is 74.8 Å². The summed E-state index contributed by atoms with van der Waals surface area (Å²) in [5.41, 5.74) is 2.52. The first-order chi connectivity index (χ1) is 12.9. The van der Waals surface area contributed by atoms with E-state index in [4.69, 9.17) is 0 Å². The van der Waals surface area contributed by atoms with Gasteiger partial charge in [0.2, 0.25) is 5.91 Å². The predicted molar refractivity (Wildman–Crippen MR) is 104 cm³/mol. The SMILES string of the molecule is CC(=O)c1ccccc1NC(=O)[C@@H](C)Sc1ncc(-c2ccc(F)cc2)[nH]1. The first kappa shape index (κ1) is 18.8. The van der Waals surface area contributed by atoms with E-state index >= 15 is 0 Å². The van der Waals surface area contributed by atoms with E-state index in [1.807, 2.05) is 0 Å². The number of ketones is 1. The van der Waals surface area contributed by atoms with Crippen LogP contribution < -0.4 is 5.32 Å². The maximum Gasteiger partial charge on any atom is 0.237 e. The second kappa shape index (κ2) is 8.18. The Morgan fingerprint density at radius 3 is 2.56 bits per heavy atom. The summed E-state index contributed by atoms with van der Waals surface area (Å²) in [6.45, 7) is 3.22. The zero-order valence-corrected chi connectivity index (χ0v) is 15.6. The maximum absolute atomic E-state index is 13.0. The third kappa shape index (κ3) is 4.62. The Balaban J connectivity index is 1.67. The van der Waals surface area contributed by atoms with Crippen LogP contribution in [0.1, 0.15) is 24.2 Å². The standard InChI is InChI=1S/C20H18FN3O2S/c1-12(25)16-5-3-4-6-17(16)23-19(26)13(2)27-20-22-11-18(24-20)14-7-9-15(21)10-8-14/h3-11,13H,1-2H3,(H,22,24)(H,23,26)/t13-/m1/s1. The number of carbonyl (C=O) groups excluding carboxylic acids is 2. The molecule has 0 aliphatic carbocycles. The summed E-state index contributed by atoms with van der Waals surface area (Å²) in [5.74, 6) is -0.640. The first-order valence-corrected chi connectivity index (χ1v) is 9.20. The number of H-pyrrole nitrogens is 1. The fourth-order valence-corrected chi connectivity index (χ4v) is 3.28. The molecule has 5 nitrogen and oxygen atoms in total. The number of hydrogen-bond acceptors (Lipinski definition) is 4. The number of rotatable bonds is 6. The van der Waals surface area contributed by atoms with Gasteiger partial charge < -0.3 is 10.3 Å². The van der Waals surface area contributed by atoms with Gasteiger partial charge in [-0.1, -0.05) is 23.9 Å². The van der Waals surface area contributed by atoms with Crippen molar-refractivity contribution in [2.75, 3.05) is 5.32 Å². The molecule has 3 rings (SSSR count). The fourth-order valence-electron chi connectivity index (χ4n) is 2.49. The van der Waals surface area contributed by atoms with Crippen LogP contribution >= 0.6 is 11.8 Å². The van der Waals surface area contributed by atoms with Crippen molar-refractivity contribution in [3.05, 3.63) is 66.1 Å². The number of Topliss-reactive ketones (excluding diaryl/α,β-unsaturated/α-hetero) is 1. The van der Waals surface area contributed by atoms with Crippen LogP contribution in [0.5, 0.6) is 0 Å². The Labute approximate surface area is 160 Å². The first-order valence-electron chi connectivity index (χ1n) is 8.32. The maximum atomic E-state index is 13.0. The highest BCUT2D eigenvalue weighted by molar-refractivity contribution is 8.00. The van der Waals surface area contributed by atoms with Crippen molar-refractivity contribution in [1.29, 1.82) is 0 Å². The number of carbonyl (C=O) groups is 2. The van der Waals surface area contributed by atoms with Gasteiger partial charge in [0.25, 0.3) is 0 Å². The van der Waals surface area contributed by atoms with Gasteiger partial charge >= 0.3 is 0 Å². The monoisotopic (exact) mass is 383 g/mol. The number of hydrogen-bond donors (Lipinski definition) is 2. The quantitative estimate of drug-likeness (QED) is 0.484. The third-order valence-electron chi connectivity index (χ3n) is 3.93. The summed E-state index contributed by atoms with van der Waals surface area (Å²) in [7, 11) is 0. The average molecular weight is 383 g/mol. The number of thioether (sulfide) groups is 1. The number of benzene rings is 2. The van der Waals surface area contributed by atoms with Crippen LogP contribution in [0.15, 0.2) is 59.9 Å². The van der Waals surface area contributed by atoms with Crippen LogP contribution in [0.25, 0.3) is 11.3 Å². The molecule has 138 valence electrons. The van der Waals surface area contributed by atoms with Crippen LogP contribution in [-0.2, 0) is 4.79 Å². The summed E-state index contributed by atoms with van der Waals surface area (Å²) >= 11 is 1.27. The smallest absolute Gasteiger partial charge is 0.237 e. The van der Waals surface area contributed by atoms with Gasteiger partial charge in [0.1, 0.15) is 5.82 Å². The van der Waals surface area contributed by atoms with Crippen molar-refractivity contribution in [2.45, 2.75) is 24.3 Å². The number of nitrogens with one attached hydrogen (secondary N) is 2. The summed E-state index contributed by atoms with van der Waals surface area (Å²) in [4.78, 5) is 31.5. The van der Waals surface area contributed by atoms with Gasteiger partial charge in [-0.25, -0.2) is 9.37 Å². The highest BCUT2D eigenvalue weighted by Gasteiger charge is 2.18. The minimum Gasteiger partial charge on any atom is -0.333 e.